The van der Waals surface area contributed by atoms with E-state index in [-0.39, 0.29) is 5.91 Å². The molecule has 1 aromatic carbocycles. The van der Waals surface area contributed by atoms with Crippen LogP contribution in [-0.2, 0) is 21.2 Å². The fourth-order valence-electron chi connectivity index (χ4n) is 2.85. The Bertz CT molecular complexity index is 636. The van der Waals surface area contributed by atoms with Gasteiger partial charge in [0.15, 0.2) is 0 Å². The van der Waals surface area contributed by atoms with Gasteiger partial charge in [-0.05, 0) is 31.0 Å². The maximum Gasteiger partial charge on any atom is 0.243 e. The molecule has 24 heavy (non-hydrogen) atoms. The third-order valence-electron chi connectivity index (χ3n) is 4.17. The Kier molecular flexibility index (Phi) is 6.77. The van der Waals surface area contributed by atoms with Crippen molar-refractivity contribution < 1.29 is 13.2 Å². The van der Waals surface area contributed by atoms with Gasteiger partial charge in [-0.3, -0.25) is 9.69 Å². The minimum Gasteiger partial charge on any atom is -0.355 e. The van der Waals surface area contributed by atoms with Crippen molar-refractivity contribution in [3.63, 3.8) is 0 Å². The van der Waals surface area contributed by atoms with E-state index in [0.717, 1.165) is 18.4 Å². The summed E-state index contributed by atoms with van der Waals surface area (Å²) in [5.41, 5.74) is 1.16. The number of rotatable bonds is 7. The summed E-state index contributed by atoms with van der Waals surface area (Å²) in [6, 6.07) is 7.17. The van der Waals surface area contributed by atoms with Crippen molar-refractivity contribution in [2.75, 3.05) is 39.3 Å². The van der Waals surface area contributed by atoms with Gasteiger partial charge in [-0.25, -0.2) is 8.42 Å². The van der Waals surface area contributed by atoms with Gasteiger partial charge in [0, 0.05) is 32.7 Å². The second-order valence-corrected chi connectivity index (χ2v) is 7.97. The number of carbonyl (C=O) groups is 1. The van der Waals surface area contributed by atoms with Gasteiger partial charge in [0.1, 0.15) is 0 Å². The third kappa shape index (κ3) is 4.78. The summed E-state index contributed by atoms with van der Waals surface area (Å²) in [7, 11) is -3.45. The fraction of sp³-hybridized carbons (Fsp3) is 0.588. The number of hydrogen-bond acceptors (Lipinski definition) is 4. The summed E-state index contributed by atoms with van der Waals surface area (Å²) >= 11 is 0. The Labute approximate surface area is 144 Å². The number of piperazine rings is 1. The Hall–Kier alpha value is -1.44. The molecule has 134 valence electrons. The predicted molar refractivity (Wildman–Crippen MR) is 94.3 cm³/mol. The molecule has 2 rings (SSSR count). The molecule has 0 radical (unpaired) electrons. The second kappa shape index (κ2) is 8.60. The van der Waals surface area contributed by atoms with Crippen LogP contribution in [0.4, 0.5) is 0 Å². The van der Waals surface area contributed by atoms with Crippen LogP contribution in [0.15, 0.2) is 29.2 Å². The molecule has 0 spiro atoms. The molecule has 0 saturated carbocycles. The van der Waals surface area contributed by atoms with Crippen LogP contribution in [0.3, 0.4) is 0 Å². The number of nitrogens with one attached hydrogen (secondary N) is 1. The molecule has 1 heterocycles. The van der Waals surface area contributed by atoms with Crippen LogP contribution in [0.2, 0.25) is 0 Å². The third-order valence-corrected chi connectivity index (χ3v) is 6.09. The molecule has 0 atom stereocenters. The van der Waals surface area contributed by atoms with Crippen LogP contribution in [0.5, 0.6) is 0 Å². The maximum atomic E-state index is 12.7. The molecule has 0 aromatic heterocycles. The van der Waals surface area contributed by atoms with Gasteiger partial charge in [0.25, 0.3) is 0 Å². The lowest BCUT2D eigenvalue weighted by molar-refractivity contribution is -0.122. The van der Waals surface area contributed by atoms with Crippen LogP contribution in [-0.4, -0.2) is 62.8 Å². The van der Waals surface area contributed by atoms with E-state index in [0.29, 0.717) is 44.2 Å². The molecule has 6 nitrogen and oxygen atoms in total. The van der Waals surface area contributed by atoms with Crippen LogP contribution in [0, 0.1) is 0 Å². The summed E-state index contributed by atoms with van der Waals surface area (Å²) in [5, 5.41) is 2.76. The van der Waals surface area contributed by atoms with Crippen molar-refractivity contribution in [3.05, 3.63) is 29.8 Å². The molecule has 0 unspecified atom stereocenters. The molecule has 0 bridgehead atoms. The molecule has 1 aromatic rings. The minimum atomic E-state index is -3.45. The Balaban J connectivity index is 1.95. The highest BCUT2D eigenvalue weighted by Crippen LogP contribution is 2.18. The average Bonchev–Trinajstić information content (AvgIpc) is 2.56. The highest BCUT2D eigenvalue weighted by molar-refractivity contribution is 7.89. The van der Waals surface area contributed by atoms with Crippen molar-refractivity contribution in [1.29, 1.82) is 0 Å². The summed E-state index contributed by atoms with van der Waals surface area (Å²) in [6.45, 7) is 6.90. The Morgan fingerprint density at radius 2 is 1.71 bits per heavy atom. The first kappa shape index (κ1) is 18.9. The average molecular weight is 353 g/mol. The first-order valence-electron chi connectivity index (χ1n) is 8.55. The number of hydrogen-bond donors (Lipinski definition) is 1. The fourth-order valence-corrected chi connectivity index (χ4v) is 4.27. The van der Waals surface area contributed by atoms with Crippen molar-refractivity contribution in [2.45, 2.75) is 31.6 Å². The number of benzene rings is 1. The summed E-state index contributed by atoms with van der Waals surface area (Å²) in [4.78, 5) is 13.9. The predicted octanol–water partition coefficient (Wildman–Crippen LogP) is 1.08. The lowest BCUT2D eigenvalue weighted by atomic mass is 10.1. The van der Waals surface area contributed by atoms with E-state index in [4.69, 9.17) is 0 Å². The first-order chi connectivity index (χ1) is 11.5. The molecule has 1 N–H and O–H groups in total. The molecular formula is C17H27N3O3S. The maximum absolute atomic E-state index is 12.7. The van der Waals surface area contributed by atoms with Gasteiger partial charge in [0.05, 0.1) is 11.4 Å². The number of sulfonamides is 1. The molecule has 7 heteroatoms. The van der Waals surface area contributed by atoms with Crippen molar-refractivity contribution in [2.24, 2.45) is 0 Å². The zero-order valence-corrected chi connectivity index (χ0v) is 15.3. The number of amides is 1. The minimum absolute atomic E-state index is 0.0136. The lowest BCUT2D eigenvalue weighted by Crippen LogP contribution is -2.51. The Morgan fingerprint density at radius 3 is 2.25 bits per heavy atom. The number of likely N-dealkylation sites (N-methyl/N-ethyl adjacent to an activating group) is 1. The van der Waals surface area contributed by atoms with Gasteiger partial charge in [0.2, 0.25) is 15.9 Å². The second-order valence-electron chi connectivity index (χ2n) is 6.03. The van der Waals surface area contributed by atoms with Gasteiger partial charge in [-0.15, -0.1) is 0 Å². The molecule has 1 amide bonds. The number of aryl methyl sites for hydroxylation is 1. The summed E-state index contributed by atoms with van der Waals surface area (Å²) in [5.74, 6) is -0.0136. The van der Waals surface area contributed by atoms with E-state index in [1.807, 2.05) is 24.0 Å². The van der Waals surface area contributed by atoms with Gasteiger partial charge in [-0.1, -0.05) is 25.5 Å². The smallest absolute Gasteiger partial charge is 0.243 e. The van der Waals surface area contributed by atoms with Crippen LogP contribution >= 0.6 is 0 Å². The van der Waals surface area contributed by atoms with E-state index >= 15 is 0 Å². The normalized spacial score (nSPS) is 16.9. The Morgan fingerprint density at radius 1 is 1.08 bits per heavy atom. The van der Waals surface area contributed by atoms with Gasteiger partial charge < -0.3 is 5.32 Å². The lowest BCUT2D eigenvalue weighted by Gasteiger charge is -2.33. The van der Waals surface area contributed by atoms with Gasteiger partial charge in [-0.2, -0.15) is 4.31 Å². The quantitative estimate of drug-likeness (QED) is 0.796. The monoisotopic (exact) mass is 353 g/mol. The highest BCUT2D eigenvalue weighted by Gasteiger charge is 2.28. The van der Waals surface area contributed by atoms with E-state index < -0.39 is 10.0 Å². The summed E-state index contributed by atoms with van der Waals surface area (Å²) in [6.07, 6.45) is 2.00. The molecular weight excluding hydrogens is 326 g/mol. The first-order valence-corrected chi connectivity index (χ1v) is 9.99. The number of nitrogens with zero attached hydrogens (tertiary/aromatic N) is 2. The van der Waals surface area contributed by atoms with E-state index in [2.05, 4.69) is 12.2 Å². The number of carbonyl (C=O) groups excluding carboxylic acids is 1. The molecule has 1 fully saturated rings. The van der Waals surface area contributed by atoms with Crippen molar-refractivity contribution >= 4 is 15.9 Å². The van der Waals surface area contributed by atoms with Gasteiger partial charge >= 0.3 is 0 Å². The summed E-state index contributed by atoms with van der Waals surface area (Å²) < 4.78 is 26.9. The molecule has 1 aliphatic rings. The van der Waals surface area contributed by atoms with Crippen LogP contribution < -0.4 is 5.32 Å². The highest BCUT2D eigenvalue weighted by atomic mass is 32.2. The topological polar surface area (TPSA) is 69.7 Å². The molecule has 1 aliphatic heterocycles. The molecule has 1 saturated heterocycles. The van der Waals surface area contributed by atoms with E-state index in [9.17, 15) is 13.2 Å². The van der Waals surface area contributed by atoms with E-state index in [1.54, 1.807) is 12.1 Å². The van der Waals surface area contributed by atoms with E-state index in [1.165, 1.54) is 4.31 Å². The van der Waals surface area contributed by atoms with Crippen LogP contribution in [0.25, 0.3) is 0 Å². The zero-order chi connectivity index (χ0) is 17.6. The largest absolute Gasteiger partial charge is 0.355 e. The SMILES string of the molecule is CCCc1ccc(S(=O)(=O)N2CCN(CC(=O)NCC)CC2)cc1. The van der Waals surface area contributed by atoms with Crippen molar-refractivity contribution in [3.8, 4) is 0 Å². The van der Waals surface area contributed by atoms with Crippen molar-refractivity contribution in [1.82, 2.24) is 14.5 Å². The zero-order valence-electron chi connectivity index (χ0n) is 14.5. The standard InChI is InChI=1S/C17H27N3O3S/c1-3-5-15-6-8-16(9-7-15)24(22,23)20-12-10-19(11-13-20)14-17(21)18-4-2/h6-9H,3-5,10-14H2,1-2H3,(H,18,21). The van der Waals surface area contributed by atoms with Crippen LogP contribution in [0.1, 0.15) is 25.8 Å². The molecule has 0 aliphatic carbocycles.